The van der Waals surface area contributed by atoms with Crippen molar-refractivity contribution in [1.82, 2.24) is 10.3 Å². The molecule has 0 unspecified atom stereocenters. The van der Waals surface area contributed by atoms with E-state index in [2.05, 4.69) is 15.6 Å². The van der Waals surface area contributed by atoms with Crippen molar-refractivity contribution in [1.29, 1.82) is 0 Å². The zero-order valence-electron chi connectivity index (χ0n) is 11.2. The van der Waals surface area contributed by atoms with Crippen LogP contribution in [0.4, 0.5) is 5.69 Å². The summed E-state index contributed by atoms with van der Waals surface area (Å²) in [6.07, 6.45) is 0. The van der Waals surface area contributed by atoms with Crippen molar-refractivity contribution in [2.45, 2.75) is 13.0 Å². The van der Waals surface area contributed by atoms with Gasteiger partial charge < -0.3 is 10.6 Å². The summed E-state index contributed by atoms with van der Waals surface area (Å²) in [6, 6.07) is 7.80. The molecule has 2 N–H and O–H groups in total. The second-order valence-electron chi connectivity index (χ2n) is 5.20. The average molecular weight is 318 g/mol. The molecule has 6 heteroatoms. The van der Waals surface area contributed by atoms with Crippen molar-refractivity contribution in [3.8, 4) is 0 Å². The van der Waals surface area contributed by atoms with Crippen LogP contribution in [0, 0.1) is 0 Å². The van der Waals surface area contributed by atoms with E-state index in [1.165, 1.54) is 11.3 Å². The van der Waals surface area contributed by atoms with Gasteiger partial charge >= 0.3 is 0 Å². The normalized spacial score (nSPS) is 18.2. The number of fused-ring (bicyclic) bond motifs is 5. The third-order valence-electron chi connectivity index (χ3n) is 3.66. The molecule has 0 spiro atoms. The molecule has 0 aliphatic carbocycles. The topological polar surface area (TPSA) is 54.0 Å². The summed E-state index contributed by atoms with van der Waals surface area (Å²) in [7, 11) is 0. The highest BCUT2D eigenvalue weighted by atomic mass is 35.5. The lowest BCUT2D eigenvalue weighted by molar-refractivity contribution is 0.0949. The highest BCUT2D eigenvalue weighted by molar-refractivity contribution is 7.21. The predicted molar refractivity (Wildman–Crippen MR) is 87.6 cm³/mol. The number of amides is 1. The number of hydrogen-bond donors (Lipinski definition) is 2. The maximum atomic E-state index is 12.3. The number of benzene rings is 1. The lowest BCUT2D eigenvalue weighted by Crippen LogP contribution is -2.34. The molecule has 4 nitrogen and oxygen atoms in total. The summed E-state index contributed by atoms with van der Waals surface area (Å²) in [4.78, 5) is 17.4. The minimum Gasteiger partial charge on any atom is -0.381 e. The van der Waals surface area contributed by atoms with Gasteiger partial charge in [-0.15, -0.1) is 11.3 Å². The van der Waals surface area contributed by atoms with Crippen LogP contribution in [0.1, 0.15) is 16.6 Å². The van der Waals surface area contributed by atoms with Gasteiger partial charge in [0.15, 0.2) is 0 Å². The van der Waals surface area contributed by atoms with Crippen LogP contribution < -0.4 is 10.6 Å². The monoisotopic (exact) mass is 317 g/mol. The van der Waals surface area contributed by atoms with E-state index in [0.29, 0.717) is 11.7 Å². The number of carbonyl (C=O) groups is 1. The van der Waals surface area contributed by atoms with Crippen LogP contribution in [0.15, 0.2) is 24.3 Å². The summed E-state index contributed by atoms with van der Waals surface area (Å²) < 4.78 is 1.08. The van der Waals surface area contributed by atoms with Crippen LogP contribution in [0.3, 0.4) is 0 Å². The van der Waals surface area contributed by atoms with Gasteiger partial charge in [-0.3, -0.25) is 4.79 Å². The van der Waals surface area contributed by atoms with Gasteiger partial charge in [0.25, 0.3) is 5.91 Å². The summed E-state index contributed by atoms with van der Waals surface area (Å²) in [5.74, 6) is -0.0150. The molecule has 3 aromatic rings. The van der Waals surface area contributed by atoms with Gasteiger partial charge in [0.05, 0.1) is 11.2 Å². The van der Waals surface area contributed by atoms with Crippen LogP contribution in [0.2, 0.25) is 5.15 Å². The number of carbonyl (C=O) groups excluding carboxylic acids is 1. The molecule has 21 heavy (non-hydrogen) atoms. The molecule has 1 aromatic carbocycles. The van der Waals surface area contributed by atoms with E-state index < -0.39 is 0 Å². The predicted octanol–water partition coefficient (Wildman–Crippen LogP) is 3.65. The van der Waals surface area contributed by atoms with Crippen molar-refractivity contribution >= 4 is 55.5 Å². The largest absolute Gasteiger partial charge is 0.381 e. The quantitative estimate of drug-likeness (QED) is 0.622. The lowest BCUT2D eigenvalue weighted by Gasteiger charge is -2.09. The minimum absolute atomic E-state index is 0.0150. The average Bonchev–Trinajstić information content (AvgIpc) is 2.77. The standard InChI is InChI=1S/C15H12ClN3OS/c1-7-6-17-13-12-8-2-5-11(16)19-9(8)3-4-10(12)21-14(13)15(20)18-7/h2-5,7,17H,6H2,1H3,(H,18,20)/t7-/m1/s1. The van der Waals surface area contributed by atoms with E-state index in [0.717, 1.165) is 31.6 Å². The van der Waals surface area contributed by atoms with Crippen molar-refractivity contribution in [3.63, 3.8) is 0 Å². The van der Waals surface area contributed by atoms with E-state index >= 15 is 0 Å². The summed E-state index contributed by atoms with van der Waals surface area (Å²) in [6.45, 7) is 2.70. The molecule has 0 fully saturated rings. The first-order valence-corrected chi connectivity index (χ1v) is 7.89. The Labute approximate surface area is 130 Å². The molecule has 0 radical (unpaired) electrons. The zero-order chi connectivity index (χ0) is 14.6. The van der Waals surface area contributed by atoms with Gasteiger partial charge in [0, 0.05) is 28.1 Å². The van der Waals surface area contributed by atoms with Gasteiger partial charge in [-0.1, -0.05) is 11.6 Å². The molecular formula is C15H12ClN3OS. The maximum Gasteiger partial charge on any atom is 0.263 e. The van der Waals surface area contributed by atoms with E-state index in [1.807, 2.05) is 25.1 Å². The highest BCUT2D eigenvalue weighted by Crippen LogP contribution is 2.40. The zero-order valence-corrected chi connectivity index (χ0v) is 12.8. The summed E-state index contributed by atoms with van der Waals surface area (Å²) >= 11 is 7.47. The number of aromatic nitrogens is 1. The summed E-state index contributed by atoms with van der Waals surface area (Å²) in [5.41, 5.74) is 1.75. The van der Waals surface area contributed by atoms with E-state index in [-0.39, 0.29) is 11.9 Å². The first kappa shape index (κ1) is 12.9. The number of thiophene rings is 1. The molecular weight excluding hydrogens is 306 g/mol. The molecule has 0 saturated carbocycles. The number of halogens is 1. The fourth-order valence-electron chi connectivity index (χ4n) is 2.70. The van der Waals surface area contributed by atoms with E-state index in [1.54, 1.807) is 6.07 Å². The third kappa shape index (κ3) is 1.96. The van der Waals surface area contributed by atoms with Crippen molar-refractivity contribution in [3.05, 3.63) is 34.3 Å². The lowest BCUT2D eigenvalue weighted by atomic mass is 10.1. The Morgan fingerprint density at radius 3 is 3.05 bits per heavy atom. The summed E-state index contributed by atoms with van der Waals surface area (Å²) in [5, 5.41) is 8.94. The molecule has 1 aliphatic rings. The SMILES string of the molecule is C[C@@H]1CNc2c(sc3ccc4nc(Cl)ccc4c23)C(=O)N1. The Morgan fingerprint density at radius 1 is 1.33 bits per heavy atom. The van der Waals surface area contributed by atoms with Crippen LogP contribution in [-0.2, 0) is 0 Å². The van der Waals surface area contributed by atoms with Gasteiger partial charge in [-0.25, -0.2) is 4.98 Å². The first-order valence-electron chi connectivity index (χ1n) is 6.70. The highest BCUT2D eigenvalue weighted by Gasteiger charge is 2.24. The second-order valence-corrected chi connectivity index (χ2v) is 6.64. The van der Waals surface area contributed by atoms with Gasteiger partial charge in [-0.05, 0) is 31.2 Å². The number of rotatable bonds is 0. The molecule has 3 heterocycles. The first-order chi connectivity index (χ1) is 10.1. The van der Waals surface area contributed by atoms with Crippen molar-refractivity contribution in [2.24, 2.45) is 0 Å². The van der Waals surface area contributed by atoms with Gasteiger partial charge in [-0.2, -0.15) is 0 Å². The maximum absolute atomic E-state index is 12.3. The van der Waals surface area contributed by atoms with Gasteiger partial charge in [0.1, 0.15) is 10.0 Å². The van der Waals surface area contributed by atoms with Gasteiger partial charge in [0.2, 0.25) is 0 Å². The Bertz CT molecular complexity index is 889. The Hall–Kier alpha value is -1.85. The van der Waals surface area contributed by atoms with E-state index in [9.17, 15) is 4.79 Å². The molecule has 4 rings (SSSR count). The molecule has 0 bridgehead atoms. The fourth-order valence-corrected chi connectivity index (χ4v) is 3.95. The molecule has 1 aliphatic heterocycles. The number of nitrogens with one attached hydrogen (secondary N) is 2. The second kappa shape index (κ2) is 4.58. The van der Waals surface area contributed by atoms with Crippen LogP contribution in [0.5, 0.6) is 0 Å². The molecule has 0 saturated heterocycles. The molecule has 1 amide bonds. The fraction of sp³-hybridized carbons (Fsp3) is 0.200. The third-order valence-corrected chi connectivity index (χ3v) is 5.02. The smallest absolute Gasteiger partial charge is 0.263 e. The minimum atomic E-state index is -0.0150. The van der Waals surface area contributed by atoms with E-state index in [4.69, 9.17) is 11.6 Å². The Balaban J connectivity index is 2.08. The van der Waals surface area contributed by atoms with Crippen LogP contribution in [-0.4, -0.2) is 23.5 Å². The van der Waals surface area contributed by atoms with Crippen molar-refractivity contribution in [2.75, 3.05) is 11.9 Å². The van der Waals surface area contributed by atoms with Crippen LogP contribution in [0.25, 0.3) is 21.0 Å². The number of hydrogen-bond acceptors (Lipinski definition) is 4. The number of nitrogens with zero attached hydrogens (tertiary/aromatic N) is 1. The molecule has 106 valence electrons. The number of anilines is 1. The Kier molecular flexibility index (Phi) is 2.80. The number of pyridine rings is 1. The van der Waals surface area contributed by atoms with Crippen LogP contribution >= 0.6 is 22.9 Å². The Morgan fingerprint density at radius 2 is 2.19 bits per heavy atom. The van der Waals surface area contributed by atoms with Crippen molar-refractivity contribution < 1.29 is 4.79 Å². The molecule has 2 aromatic heterocycles. The molecule has 1 atom stereocenters.